The minimum Gasteiger partial charge on any atom is -0.493 e. The average Bonchev–Trinajstić information content (AvgIpc) is 3.26. The Hall–Kier alpha value is -1.60. The molecule has 0 amide bonds. The first-order valence-corrected chi connectivity index (χ1v) is 7.60. The average molecular weight is 290 g/mol. The van der Waals surface area contributed by atoms with Crippen LogP contribution < -0.4 is 10.1 Å². The molecule has 21 heavy (non-hydrogen) atoms. The fourth-order valence-electron chi connectivity index (χ4n) is 2.27. The molecule has 1 saturated carbocycles. The first kappa shape index (κ1) is 15.8. The van der Waals surface area contributed by atoms with Gasteiger partial charge < -0.3 is 4.74 Å². The molecular weight excluding hydrogens is 267 g/mol. The Morgan fingerprint density at radius 3 is 2.81 bits per heavy atom. The molecule has 2 rings (SSSR count). The van der Waals surface area contributed by atoms with Crippen LogP contribution in [0.15, 0.2) is 18.2 Å². The molecule has 1 fully saturated rings. The van der Waals surface area contributed by atoms with E-state index in [2.05, 4.69) is 11.4 Å². The van der Waals surface area contributed by atoms with Gasteiger partial charge in [0.05, 0.1) is 12.7 Å². The highest BCUT2D eigenvalue weighted by Gasteiger charge is 2.31. The molecule has 1 atom stereocenters. The maximum Gasteiger partial charge on any atom is 0.129 e. The van der Waals surface area contributed by atoms with Crippen molar-refractivity contribution in [2.45, 2.75) is 57.5 Å². The zero-order valence-corrected chi connectivity index (χ0v) is 12.8. The van der Waals surface area contributed by atoms with Crippen molar-refractivity contribution in [3.63, 3.8) is 0 Å². The van der Waals surface area contributed by atoms with Crippen molar-refractivity contribution >= 4 is 0 Å². The summed E-state index contributed by atoms with van der Waals surface area (Å²) in [6, 6.07) is 7.82. The lowest BCUT2D eigenvalue weighted by molar-refractivity contribution is 0.293. The minimum atomic E-state index is -0.433. The maximum atomic E-state index is 13.4. The first-order valence-electron chi connectivity index (χ1n) is 7.60. The number of nitrogens with zero attached hydrogens (tertiary/aromatic N) is 1. The number of ether oxygens (including phenoxy) is 1. The SMILES string of the molecule is Cc1ccc(OCCCCC(C)(C#N)NC2CC2)cc1F. The van der Waals surface area contributed by atoms with Gasteiger partial charge in [-0.2, -0.15) is 5.26 Å². The number of aryl methyl sites for hydroxylation is 1. The molecule has 0 aliphatic heterocycles. The number of nitrogens with one attached hydrogen (secondary N) is 1. The van der Waals surface area contributed by atoms with E-state index in [1.165, 1.54) is 18.9 Å². The number of hydrogen-bond acceptors (Lipinski definition) is 3. The van der Waals surface area contributed by atoms with Crippen molar-refractivity contribution in [1.29, 1.82) is 5.26 Å². The number of halogens is 1. The molecule has 0 radical (unpaired) electrons. The van der Waals surface area contributed by atoms with E-state index in [1.54, 1.807) is 19.1 Å². The van der Waals surface area contributed by atoms with Crippen molar-refractivity contribution in [2.24, 2.45) is 0 Å². The summed E-state index contributed by atoms with van der Waals surface area (Å²) < 4.78 is 18.9. The summed E-state index contributed by atoms with van der Waals surface area (Å²) in [5.74, 6) is 0.329. The summed E-state index contributed by atoms with van der Waals surface area (Å²) in [4.78, 5) is 0. The lowest BCUT2D eigenvalue weighted by atomic mass is 9.96. The predicted octanol–water partition coefficient (Wildman–Crippen LogP) is 3.72. The quantitative estimate of drug-likeness (QED) is 0.742. The lowest BCUT2D eigenvalue weighted by Crippen LogP contribution is -2.42. The molecule has 1 aliphatic rings. The molecule has 1 aliphatic carbocycles. The van der Waals surface area contributed by atoms with Crippen LogP contribution in [0.2, 0.25) is 0 Å². The van der Waals surface area contributed by atoms with Crippen LogP contribution in [0.1, 0.15) is 44.6 Å². The highest BCUT2D eigenvalue weighted by Crippen LogP contribution is 2.25. The topological polar surface area (TPSA) is 45.0 Å². The van der Waals surface area contributed by atoms with Crippen LogP contribution in [0.25, 0.3) is 0 Å². The highest BCUT2D eigenvalue weighted by molar-refractivity contribution is 5.27. The van der Waals surface area contributed by atoms with E-state index in [4.69, 9.17) is 4.74 Å². The Kier molecular flexibility index (Phi) is 5.19. The number of nitriles is 1. The van der Waals surface area contributed by atoms with Gasteiger partial charge in [-0.3, -0.25) is 5.32 Å². The Bertz CT molecular complexity index is 522. The molecule has 1 unspecified atom stereocenters. The van der Waals surface area contributed by atoms with Crippen LogP contribution in [0.5, 0.6) is 5.75 Å². The van der Waals surface area contributed by atoms with Gasteiger partial charge in [0.2, 0.25) is 0 Å². The molecule has 1 aromatic carbocycles. The van der Waals surface area contributed by atoms with E-state index < -0.39 is 5.54 Å². The highest BCUT2D eigenvalue weighted by atomic mass is 19.1. The van der Waals surface area contributed by atoms with Gasteiger partial charge in [-0.05, 0) is 57.6 Å². The smallest absolute Gasteiger partial charge is 0.129 e. The zero-order valence-electron chi connectivity index (χ0n) is 12.8. The van der Waals surface area contributed by atoms with Crippen molar-refractivity contribution < 1.29 is 9.13 Å². The van der Waals surface area contributed by atoms with E-state index in [1.807, 2.05) is 6.92 Å². The molecule has 0 saturated heterocycles. The van der Waals surface area contributed by atoms with E-state index in [0.29, 0.717) is 24.0 Å². The maximum absolute atomic E-state index is 13.4. The molecule has 0 aromatic heterocycles. The molecule has 1 aromatic rings. The number of benzene rings is 1. The fourth-order valence-corrected chi connectivity index (χ4v) is 2.27. The molecule has 0 heterocycles. The number of hydrogen-bond donors (Lipinski definition) is 1. The normalized spacial score (nSPS) is 17.0. The van der Waals surface area contributed by atoms with Gasteiger partial charge in [0.1, 0.15) is 17.1 Å². The van der Waals surface area contributed by atoms with Crippen LogP contribution >= 0.6 is 0 Å². The zero-order chi connectivity index (χ0) is 15.3. The van der Waals surface area contributed by atoms with Crippen LogP contribution in [0.3, 0.4) is 0 Å². The molecule has 1 N–H and O–H groups in total. The van der Waals surface area contributed by atoms with Crippen LogP contribution in [0, 0.1) is 24.1 Å². The predicted molar refractivity (Wildman–Crippen MR) is 80.7 cm³/mol. The van der Waals surface area contributed by atoms with Gasteiger partial charge in [-0.15, -0.1) is 0 Å². The molecule has 3 nitrogen and oxygen atoms in total. The Morgan fingerprint density at radius 1 is 1.43 bits per heavy atom. The summed E-state index contributed by atoms with van der Waals surface area (Å²) in [7, 11) is 0. The van der Waals surface area contributed by atoms with Crippen LogP contribution in [-0.4, -0.2) is 18.2 Å². The standard InChI is InChI=1S/C17H23FN2O/c1-13-5-8-15(11-16(13)18)21-10-4-3-9-17(2,12-19)20-14-6-7-14/h5,8,11,14,20H,3-4,6-7,9-10H2,1-2H3. The van der Waals surface area contributed by atoms with Gasteiger partial charge in [-0.1, -0.05) is 6.07 Å². The summed E-state index contributed by atoms with van der Waals surface area (Å²) in [6.07, 6.45) is 4.95. The summed E-state index contributed by atoms with van der Waals surface area (Å²) in [5, 5.41) is 12.7. The van der Waals surface area contributed by atoms with Gasteiger partial charge in [0.15, 0.2) is 0 Å². The van der Waals surface area contributed by atoms with Crippen LogP contribution in [0.4, 0.5) is 4.39 Å². The van der Waals surface area contributed by atoms with Crippen molar-refractivity contribution in [2.75, 3.05) is 6.61 Å². The number of rotatable bonds is 8. The third-order valence-corrected chi connectivity index (χ3v) is 3.83. The van der Waals surface area contributed by atoms with Crippen LogP contribution in [-0.2, 0) is 0 Å². The Morgan fingerprint density at radius 2 is 2.19 bits per heavy atom. The van der Waals surface area contributed by atoms with E-state index in [9.17, 15) is 9.65 Å². The third-order valence-electron chi connectivity index (χ3n) is 3.83. The molecule has 0 spiro atoms. The second kappa shape index (κ2) is 6.91. The van der Waals surface area contributed by atoms with Crippen molar-refractivity contribution in [3.8, 4) is 11.8 Å². The van der Waals surface area contributed by atoms with Gasteiger partial charge >= 0.3 is 0 Å². The van der Waals surface area contributed by atoms with Gasteiger partial charge in [0, 0.05) is 12.1 Å². The van der Waals surface area contributed by atoms with Gasteiger partial charge in [0.25, 0.3) is 0 Å². The third kappa shape index (κ3) is 5.02. The van der Waals surface area contributed by atoms with Crippen molar-refractivity contribution in [3.05, 3.63) is 29.6 Å². The second-order valence-corrected chi connectivity index (χ2v) is 6.08. The summed E-state index contributed by atoms with van der Waals surface area (Å²) in [5.41, 5.74) is 0.190. The monoisotopic (exact) mass is 290 g/mol. The largest absolute Gasteiger partial charge is 0.493 e. The molecule has 114 valence electrons. The Balaban J connectivity index is 1.67. The second-order valence-electron chi connectivity index (χ2n) is 6.08. The fraction of sp³-hybridized carbons (Fsp3) is 0.588. The van der Waals surface area contributed by atoms with Gasteiger partial charge in [-0.25, -0.2) is 4.39 Å². The minimum absolute atomic E-state index is 0.238. The Labute approximate surface area is 126 Å². The van der Waals surface area contributed by atoms with E-state index in [-0.39, 0.29) is 5.82 Å². The van der Waals surface area contributed by atoms with Crippen molar-refractivity contribution in [1.82, 2.24) is 5.32 Å². The van der Waals surface area contributed by atoms with E-state index in [0.717, 1.165) is 19.3 Å². The number of unbranched alkanes of at least 4 members (excludes halogenated alkanes) is 1. The first-order chi connectivity index (χ1) is 10.0. The summed E-state index contributed by atoms with van der Waals surface area (Å²) in [6.45, 7) is 4.24. The molecule has 4 heteroatoms. The molecular formula is C17H23FN2O. The van der Waals surface area contributed by atoms with E-state index >= 15 is 0 Å². The summed E-state index contributed by atoms with van der Waals surface area (Å²) >= 11 is 0. The molecule has 0 bridgehead atoms. The lowest BCUT2D eigenvalue weighted by Gasteiger charge is -2.23.